The third kappa shape index (κ3) is 3.26. The topological polar surface area (TPSA) is 72.0 Å². The van der Waals surface area contributed by atoms with E-state index in [2.05, 4.69) is 0 Å². The van der Waals surface area contributed by atoms with E-state index in [1.54, 1.807) is 31.0 Å². The monoisotopic (exact) mass is 377 g/mol. The maximum absolute atomic E-state index is 12.2. The number of pyridine rings is 1. The number of ether oxygens (including phenoxy) is 2. The largest absolute Gasteiger partial charge is 0.452 e. The van der Waals surface area contributed by atoms with E-state index in [9.17, 15) is 9.59 Å². The lowest BCUT2D eigenvalue weighted by atomic mass is 9.99. The van der Waals surface area contributed by atoms with Crippen LogP contribution in [0.15, 0.2) is 18.2 Å². The minimum Gasteiger partial charge on any atom is -0.452 e. The van der Waals surface area contributed by atoms with Gasteiger partial charge in [0.05, 0.1) is 31.5 Å². The van der Waals surface area contributed by atoms with Gasteiger partial charge in [-0.25, -0.2) is 9.59 Å². The second-order valence-electron chi connectivity index (χ2n) is 5.95. The quantitative estimate of drug-likeness (QED) is 0.799. The third-order valence-electron chi connectivity index (χ3n) is 4.38. The molecule has 1 aliphatic heterocycles. The Morgan fingerprint density at radius 3 is 2.85 bits per heavy atom. The summed E-state index contributed by atoms with van der Waals surface area (Å²) in [6, 6.07) is 5.35. The number of halogens is 1. The number of aromatic nitrogens is 1. The molecule has 1 aromatic heterocycles. The van der Waals surface area contributed by atoms with Crippen molar-refractivity contribution in [2.24, 2.45) is 0 Å². The van der Waals surface area contributed by atoms with Gasteiger partial charge in [0, 0.05) is 41.7 Å². The summed E-state index contributed by atoms with van der Waals surface area (Å²) in [5.41, 5.74) is 3.04. The van der Waals surface area contributed by atoms with E-state index in [4.69, 9.17) is 26.1 Å². The maximum Gasteiger partial charge on any atom is 0.413 e. The van der Waals surface area contributed by atoms with Crippen molar-refractivity contribution in [1.29, 1.82) is 0 Å². The molecular formula is C18H20ClN3O4. The Morgan fingerprint density at radius 1 is 1.38 bits per heavy atom. The minimum absolute atomic E-state index is 0.306. The molecule has 2 amide bonds. The Labute approximate surface area is 156 Å². The Hall–Kier alpha value is -2.54. The lowest BCUT2D eigenvalue weighted by Gasteiger charge is -2.31. The number of amides is 2. The summed E-state index contributed by atoms with van der Waals surface area (Å²) in [5.74, 6) is 0. The van der Waals surface area contributed by atoms with E-state index in [1.807, 2.05) is 6.07 Å². The first-order valence-corrected chi connectivity index (χ1v) is 8.68. The number of rotatable bonds is 2. The van der Waals surface area contributed by atoms with E-state index in [-0.39, 0.29) is 6.09 Å². The molecule has 0 saturated carbocycles. The van der Waals surface area contributed by atoms with Gasteiger partial charge in [-0.3, -0.25) is 9.88 Å². The number of carbonyl (C=O) groups excluding carboxylic acids is 2. The fourth-order valence-electron chi connectivity index (χ4n) is 3.17. The highest BCUT2D eigenvalue weighted by Gasteiger charge is 2.29. The first-order valence-electron chi connectivity index (χ1n) is 8.30. The number of benzene rings is 1. The summed E-state index contributed by atoms with van der Waals surface area (Å²) in [6.45, 7) is 2.89. The lowest BCUT2D eigenvalue weighted by Crippen LogP contribution is -2.38. The molecule has 0 unspecified atom stereocenters. The van der Waals surface area contributed by atoms with Crippen LogP contribution >= 0.6 is 11.6 Å². The van der Waals surface area contributed by atoms with Crippen LogP contribution in [0.4, 0.5) is 15.3 Å². The van der Waals surface area contributed by atoms with Gasteiger partial charge in [-0.15, -0.1) is 0 Å². The van der Waals surface area contributed by atoms with Gasteiger partial charge < -0.3 is 14.4 Å². The molecular weight excluding hydrogens is 358 g/mol. The van der Waals surface area contributed by atoms with Gasteiger partial charge in [-0.2, -0.15) is 0 Å². The van der Waals surface area contributed by atoms with Gasteiger partial charge in [0.25, 0.3) is 0 Å². The standard InChI is InChI=1S/C18H20ClN3O4/c1-4-26-18(24)22-8-7-15-13(10-22)16(21(2)17(23)25-3)12-9-11(19)5-6-14(12)20-15/h5-6,9H,4,7-8,10H2,1-3H3. The highest BCUT2D eigenvalue weighted by Crippen LogP contribution is 2.36. The molecule has 3 rings (SSSR count). The zero-order valence-corrected chi connectivity index (χ0v) is 15.7. The second kappa shape index (κ2) is 7.37. The van der Waals surface area contributed by atoms with Crippen molar-refractivity contribution in [3.05, 3.63) is 34.5 Å². The number of carbonyl (C=O) groups is 2. The van der Waals surface area contributed by atoms with Gasteiger partial charge in [-0.05, 0) is 25.1 Å². The molecule has 0 N–H and O–H groups in total. The SMILES string of the molecule is CCOC(=O)N1CCc2nc3ccc(Cl)cc3c(N(C)C(=O)OC)c2C1. The predicted octanol–water partition coefficient (Wildman–Crippen LogP) is 3.61. The summed E-state index contributed by atoms with van der Waals surface area (Å²) >= 11 is 6.17. The van der Waals surface area contributed by atoms with E-state index >= 15 is 0 Å². The van der Waals surface area contributed by atoms with Crippen LogP contribution in [0.1, 0.15) is 18.2 Å². The molecule has 0 atom stereocenters. The molecule has 138 valence electrons. The Morgan fingerprint density at radius 2 is 2.15 bits per heavy atom. The minimum atomic E-state index is -0.507. The number of hydrogen-bond donors (Lipinski definition) is 0. The van der Waals surface area contributed by atoms with E-state index < -0.39 is 6.09 Å². The van der Waals surface area contributed by atoms with Crippen LogP contribution in [0.2, 0.25) is 5.02 Å². The summed E-state index contributed by atoms with van der Waals surface area (Å²) < 4.78 is 9.99. The smallest absolute Gasteiger partial charge is 0.413 e. The highest BCUT2D eigenvalue weighted by atomic mass is 35.5. The van der Waals surface area contributed by atoms with Crippen molar-refractivity contribution < 1.29 is 19.1 Å². The number of fused-ring (bicyclic) bond motifs is 2. The van der Waals surface area contributed by atoms with Crippen molar-refractivity contribution in [2.75, 3.05) is 32.2 Å². The summed E-state index contributed by atoms with van der Waals surface area (Å²) in [6.07, 6.45) is -0.307. The predicted molar refractivity (Wildman–Crippen MR) is 98.7 cm³/mol. The van der Waals surface area contributed by atoms with Crippen LogP contribution in [-0.4, -0.2) is 49.4 Å². The van der Waals surface area contributed by atoms with Gasteiger partial charge in [0.2, 0.25) is 0 Å². The molecule has 1 aromatic carbocycles. The van der Waals surface area contributed by atoms with Crippen molar-refractivity contribution in [3.8, 4) is 0 Å². The van der Waals surface area contributed by atoms with Crippen LogP contribution < -0.4 is 4.90 Å². The fourth-order valence-corrected chi connectivity index (χ4v) is 3.35. The van der Waals surface area contributed by atoms with Crippen molar-refractivity contribution >= 4 is 40.4 Å². The molecule has 8 heteroatoms. The average Bonchev–Trinajstić information content (AvgIpc) is 2.64. The first-order chi connectivity index (χ1) is 12.5. The number of anilines is 1. The molecule has 0 aliphatic carbocycles. The molecule has 0 bridgehead atoms. The van der Waals surface area contributed by atoms with Crippen molar-refractivity contribution in [1.82, 2.24) is 9.88 Å². The highest BCUT2D eigenvalue weighted by molar-refractivity contribution is 6.31. The molecule has 2 aromatic rings. The normalized spacial score (nSPS) is 13.3. The zero-order chi connectivity index (χ0) is 18.8. The summed E-state index contributed by atoms with van der Waals surface area (Å²) in [4.78, 5) is 32.1. The zero-order valence-electron chi connectivity index (χ0n) is 14.9. The molecule has 0 fully saturated rings. The van der Waals surface area contributed by atoms with Gasteiger partial charge in [0.15, 0.2) is 0 Å². The average molecular weight is 378 g/mol. The molecule has 0 spiro atoms. The molecule has 0 saturated heterocycles. The van der Waals surface area contributed by atoms with E-state index in [0.29, 0.717) is 36.8 Å². The van der Waals surface area contributed by atoms with Crippen LogP contribution in [-0.2, 0) is 22.4 Å². The fraction of sp³-hybridized carbons (Fsp3) is 0.389. The van der Waals surface area contributed by atoms with Gasteiger partial charge in [0.1, 0.15) is 0 Å². The number of methoxy groups -OCH3 is 1. The number of hydrogen-bond acceptors (Lipinski definition) is 5. The van der Waals surface area contributed by atoms with Crippen LogP contribution in [0, 0.1) is 0 Å². The van der Waals surface area contributed by atoms with Crippen LogP contribution in [0.25, 0.3) is 10.9 Å². The van der Waals surface area contributed by atoms with Gasteiger partial charge in [-0.1, -0.05) is 11.6 Å². The number of nitrogens with zero attached hydrogens (tertiary/aromatic N) is 3. The molecule has 0 radical (unpaired) electrons. The van der Waals surface area contributed by atoms with Crippen molar-refractivity contribution in [3.63, 3.8) is 0 Å². The third-order valence-corrected chi connectivity index (χ3v) is 4.62. The van der Waals surface area contributed by atoms with E-state index in [0.717, 1.165) is 22.2 Å². The van der Waals surface area contributed by atoms with Crippen molar-refractivity contribution in [2.45, 2.75) is 19.9 Å². The lowest BCUT2D eigenvalue weighted by molar-refractivity contribution is 0.102. The summed E-state index contributed by atoms with van der Waals surface area (Å²) in [7, 11) is 2.96. The molecule has 7 nitrogen and oxygen atoms in total. The second-order valence-corrected chi connectivity index (χ2v) is 6.38. The molecule has 2 heterocycles. The first kappa shape index (κ1) is 18.3. The van der Waals surface area contributed by atoms with Crippen LogP contribution in [0.3, 0.4) is 0 Å². The molecule has 1 aliphatic rings. The summed E-state index contributed by atoms with van der Waals surface area (Å²) in [5, 5.41) is 1.27. The Balaban J connectivity index is 2.17. The van der Waals surface area contributed by atoms with Crippen LogP contribution in [0.5, 0.6) is 0 Å². The molecule has 26 heavy (non-hydrogen) atoms. The van der Waals surface area contributed by atoms with E-state index in [1.165, 1.54) is 12.0 Å². The Kier molecular flexibility index (Phi) is 5.18. The Bertz CT molecular complexity index is 871. The maximum atomic E-state index is 12.2. The van der Waals surface area contributed by atoms with Gasteiger partial charge >= 0.3 is 12.2 Å².